The van der Waals surface area contributed by atoms with Crippen molar-refractivity contribution in [2.45, 2.75) is 25.3 Å². The van der Waals surface area contributed by atoms with Crippen molar-refractivity contribution in [3.8, 4) is 11.4 Å². The number of nitrogens with one attached hydrogen (secondary N) is 1. The highest BCUT2D eigenvalue weighted by molar-refractivity contribution is 5.92. The minimum Gasteiger partial charge on any atom is -0.337 e. The zero-order chi connectivity index (χ0) is 19.3. The Kier molecular flexibility index (Phi) is 5.43. The van der Waals surface area contributed by atoms with Gasteiger partial charge in [-0.25, -0.2) is 4.39 Å². The van der Waals surface area contributed by atoms with E-state index in [0.29, 0.717) is 17.3 Å². The largest absolute Gasteiger partial charge is 0.337 e. The lowest BCUT2D eigenvalue weighted by molar-refractivity contribution is -0.118. The Labute approximate surface area is 162 Å². The van der Waals surface area contributed by atoms with Crippen LogP contribution in [-0.4, -0.2) is 34.0 Å². The minimum atomic E-state index is -0.347. The maximum Gasteiger partial charge on any atom is 0.244 e. The number of benzene rings is 2. The quantitative estimate of drug-likeness (QED) is 0.723. The maximum atomic E-state index is 13.5. The molecule has 1 aliphatic rings. The Hall–Kier alpha value is -3.06. The number of para-hydroxylation sites is 1. The summed E-state index contributed by atoms with van der Waals surface area (Å²) in [5.74, 6) is 0.393. The number of carbonyl (C=O) groups excluding carboxylic acids is 1. The van der Waals surface area contributed by atoms with Gasteiger partial charge in [0, 0.05) is 11.3 Å². The van der Waals surface area contributed by atoms with E-state index in [1.54, 1.807) is 12.1 Å². The normalized spacial score (nSPS) is 17.4. The number of aromatic nitrogens is 2. The predicted octanol–water partition coefficient (Wildman–Crippen LogP) is 4.04. The Balaban J connectivity index is 1.47. The fourth-order valence-corrected chi connectivity index (χ4v) is 3.48. The highest BCUT2D eigenvalue weighted by Crippen LogP contribution is 2.31. The second kappa shape index (κ2) is 8.31. The van der Waals surface area contributed by atoms with Gasteiger partial charge >= 0.3 is 0 Å². The Morgan fingerprint density at radius 1 is 1.18 bits per heavy atom. The second-order valence-corrected chi connectivity index (χ2v) is 6.86. The molecule has 1 saturated heterocycles. The maximum absolute atomic E-state index is 13.5. The number of halogens is 1. The molecule has 7 heteroatoms. The molecule has 3 aromatic rings. The summed E-state index contributed by atoms with van der Waals surface area (Å²) in [6, 6.07) is 15.4. The summed E-state index contributed by atoms with van der Waals surface area (Å²) in [6.07, 6.45) is 2.88. The first-order chi connectivity index (χ1) is 13.7. The van der Waals surface area contributed by atoms with Crippen LogP contribution in [0, 0.1) is 5.82 Å². The number of hydrogen-bond acceptors (Lipinski definition) is 5. The van der Waals surface area contributed by atoms with Crippen molar-refractivity contribution in [3.63, 3.8) is 0 Å². The van der Waals surface area contributed by atoms with Gasteiger partial charge < -0.3 is 9.84 Å². The lowest BCUT2D eigenvalue weighted by Crippen LogP contribution is -2.39. The van der Waals surface area contributed by atoms with Crippen molar-refractivity contribution < 1.29 is 13.7 Å². The molecule has 1 aromatic heterocycles. The molecule has 1 atom stereocenters. The van der Waals surface area contributed by atoms with Crippen LogP contribution in [0.3, 0.4) is 0 Å². The van der Waals surface area contributed by atoms with E-state index in [2.05, 4.69) is 20.4 Å². The number of anilines is 1. The van der Waals surface area contributed by atoms with Gasteiger partial charge in [-0.15, -0.1) is 0 Å². The van der Waals surface area contributed by atoms with Gasteiger partial charge in [-0.3, -0.25) is 9.69 Å². The van der Waals surface area contributed by atoms with Crippen LogP contribution in [0.25, 0.3) is 11.4 Å². The summed E-state index contributed by atoms with van der Waals surface area (Å²) >= 11 is 0. The van der Waals surface area contributed by atoms with Crippen LogP contribution in [0.5, 0.6) is 0 Å². The minimum absolute atomic E-state index is 0.0806. The summed E-state index contributed by atoms with van der Waals surface area (Å²) in [6.45, 7) is 1.03. The number of amides is 1. The van der Waals surface area contributed by atoms with Gasteiger partial charge in [-0.2, -0.15) is 4.98 Å². The smallest absolute Gasteiger partial charge is 0.244 e. The summed E-state index contributed by atoms with van der Waals surface area (Å²) in [5.41, 5.74) is 1.34. The summed E-state index contributed by atoms with van der Waals surface area (Å²) in [7, 11) is 0. The zero-order valence-electron chi connectivity index (χ0n) is 15.3. The fraction of sp³-hybridized carbons (Fsp3) is 0.286. The van der Waals surface area contributed by atoms with E-state index < -0.39 is 0 Å². The van der Waals surface area contributed by atoms with Crippen LogP contribution in [0.2, 0.25) is 0 Å². The van der Waals surface area contributed by atoms with E-state index in [1.165, 1.54) is 12.1 Å². The van der Waals surface area contributed by atoms with E-state index >= 15 is 0 Å². The van der Waals surface area contributed by atoms with Crippen molar-refractivity contribution in [1.82, 2.24) is 15.0 Å². The molecule has 0 bridgehead atoms. The third-order valence-electron chi connectivity index (χ3n) is 4.83. The molecule has 0 spiro atoms. The van der Waals surface area contributed by atoms with Crippen molar-refractivity contribution >= 4 is 11.6 Å². The molecule has 2 heterocycles. The van der Waals surface area contributed by atoms with E-state index in [9.17, 15) is 9.18 Å². The first-order valence-corrected chi connectivity index (χ1v) is 9.37. The third kappa shape index (κ3) is 4.26. The first kappa shape index (κ1) is 18.3. The Morgan fingerprint density at radius 2 is 2.04 bits per heavy atom. The highest BCUT2D eigenvalue weighted by Gasteiger charge is 2.30. The van der Waals surface area contributed by atoms with E-state index in [1.807, 2.05) is 30.3 Å². The molecule has 0 saturated carbocycles. The Morgan fingerprint density at radius 3 is 2.86 bits per heavy atom. The van der Waals surface area contributed by atoms with Crippen molar-refractivity contribution in [3.05, 3.63) is 66.3 Å². The van der Waals surface area contributed by atoms with Gasteiger partial charge in [0.15, 0.2) is 0 Å². The van der Waals surface area contributed by atoms with Crippen molar-refractivity contribution in [2.24, 2.45) is 0 Å². The third-order valence-corrected chi connectivity index (χ3v) is 4.83. The monoisotopic (exact) mass is 380 g/mol. The molecule has 144 valence electrons. The molecule has 0 radical (unpaired) electrons. The molecular weight excluding hydrogens is 359 g/mol. The van der Waals surface area contributed by atoms with Crippen LogP contribution < -0.4 is 5.32 Å². The molecule has 2 aromatic carbocycles. The molecule has 0 aliphatic carbocycles. The zero-order valence-corrected chi connectivity index (χ0v) is 15.3. The number of rotatable bonds is 5. The van der Waals surface area contributed by atoms with Crippen LogP contribution in [-0.2, 0) is 4.79 Å². The lowest BCUT2D eigenvalue weighted by Gasteiger charge is -2.32. The average Bonchev–Trinajstić information content (AvgIpc) is 3.19. The lowest BCUT2D eigenvalue weighted by atomic mass is 10.0. The molecule has 1 N–H and O–H groups in total. The molecular formula is C21H21FN4O2. The molecule has 6 nitrogen and oxygen atoms in total. The molecule has 4 rings (SSSR count). The molecule has 28 heavy (non-hydrogen) atoms. The van der Waals surface area contributed by atoms with Crippen molar-refractivity contribution in [2.75, 3.05) is 18.4 Å². The second-order valence-electron chi connectivity index (χ2n) is 6.86. The average molecular weight is 380 g/mol. The SMILES string of the molecule is O=C(CN1CCCC[C@H]1c1nc(-c2cccc(F)c2)no1)Nc1ccccc1. The van der Waals surface area contributed by atoms with Crippen LogP contribution in [0.1, 0.15) is 31.2 Å². The van der Waals surface area contributed by atoms with Gasteiger partial charge in [0.1, 0.15) is 5.82 Å². The van der Waals surface area contributed by atoms with Crippen LogP contribution in [0.15, 0.2) is 59.1 Å². The first-order valence-electron chi connectivity index (χ1n) is 9.37. The van der Waals surface area contributed by atoms with Gasteiger partial charge in [-0.05, 0) is 43.7 Å². The van der Waals surface area contributed by atoms with Gasteiger partial charge in [-0.1, -0.05) is 41.9 Å². The van der Waals surface area contributed by atoms with E-state index in [-0.39, 0.29) is 24.3 Å². The standard InChI is InChI=1S/C21H21FN4O2/c22-16-8-6-7-15(13-16)20-24-21(28-25-20)18-11-4-5-12-26(18)14-19(27)23-17-9-2-1-3-10-17/h1-3,6-10,13,18H,4-5,11-12,14H2,(H,23,27)/t18-/m0/s1. The summed E-state index contributed by atoms with van der Waals surface area (Å²) < 4.78 is 18.9. The van der Waals surface area contributed by atoms with Gasteiger partial charge in [0.25, 0.3) is 0 Å². The number of piperidine rings is 1. The van der Waals surface area contributed by atoms with Crippen LogP contribution >= 0.6 is 0 Å². The highest BCUT2D eigenvalue weighted by atomic mass is 19.1. The number of hydrogen-bond donors (Lipinski definition) is 1. The van der Waals surface area contributed by atoms with Crippen LogP contribution in [0.4, 0.5) is 10.1 Å². The van der Waals surface area contributed by atoms with E-state index in [4.69, 9.17) is 4.52 Å². The van der Waals surface area contributed by atoms with E-state index in [0.717, 1.165) is 31.5 Å². The molecule has 1 fully saturated rings. The topological polar surface area (TPSA) is 71.3 Å². The number of likely N-dealkylation sites (tertiary alicyclic amines) is 1. The number of carbonyl (C=O) groups is 1. The predicted molar refractivity (Wildman–Crippen MR) is 103 cm³/mol. The van der Waals surface area contributed by atoms with Gasteiger partial charge in [0.2, 0.25) is 17.6 Å². The van der Waals surface area contributed by atoms with Gasteiger partial charge in [0.05, 0.1) is 12.6 Å². The number of nitrogens with zero attached hydrogens (tertiary/aromatic N) is 3. The molecule has 1 aliphatic heterocycles. The summed E-state index contributed by atoms with van der Waals surface area (Å²) in [5, 5.41) is 6.91. The fourth-order valence-electron chi connectivity index (χ4n) is 3.48. The molecule has 0 unspecified atom stereocenters. The Bertz CT molecular complexity index is 944. The molecule has 1 amide bonds. The summed E-state index contributed by atoms with van der Waals surface area (Å²) in [4.78, 5) is 19.0. The van der Waals surface area contributed by atoms with Crippen molar-refractivity contribution in [1.29, 1.82) is 0 Å².